The van der Waals surface area contributed by atoms with Crippen LogP contribution < -0.4 is 4.74 Å². The first-order valence-corrected chi connectivity index (χ1v) is 8.73. The average molecular weight is 357 g/mol. The normalized spacial score (nSPS) is 35.6. The summed E-state index contributed by atoms with van der Waals surface area (Å²) in [6.07, 6.45) is 2.63. The molecule has 2 amide bonds. The van der Waals surface area contributed by atoms with Gasteiger partial charge in [0.15, 0.2) is 11.9 Å². The Labute approximate surface area is 150 Å². The van der Waals surface area contributed by atoms with Crippen LogP contribution in [-0.4, -0.2) is 55.0 Å². The Bertz CT molecular complexity index is 801. The van der Waals surface area contributed by atoms with Gasteiger partial charge in [-0.1, -0.05) is 24.3 Å². The van der Waals surface area contributed by atoms with Crippen molar-refractivity contribution in [2.24, 2.45) is 11.8 Å². The zero-order valence-electron chi connectivity index (χ0n) is 14.3. The number of likely N-dealkylation sites (tertiary alicyclic amines) is 1. The third-order valence-electron chi connectivity index (χ3n) is 5.68. The number of fused-ring (bicyclic) bond motifs is 5. The Hall–Kier alpha value is -2.22. The molecule has 2 bridgehead atoms. The van der Waals surface area contributed by atoms with Crippen molar-refractivity contribution < 1.29 is 28.5 Å². The molecule has 0 aromatic heterocycles. The van der Waals surface area contributed by atoms with Crippen molar-refractivity contribution in [1.82, 2.24) is 4.90 Å². The lowest BCUT2D eigenvalue weighted by Gasteiger charge is -2.32. The first-order chi connectivity index (χ1) is 12.7. The molecule has 4 aliphatic heterocycles. The van der Waals surface area contributed by atoms with Crippen molar-refractivity contribution in [2.45, 2.75) is 24.5 Å². The fourth-order valence-corrected chi connectivity index (χ4v) is 4.55. The van der Waals surface area contributed by atoms with Gasteiger partial charge >= 0.3 is 0 Å². The summed E-state index contributed by atoms with van der Waals surface area (Å²) in [6, 6.07) is 7.39. The molecule has 0 saturated carbocycles. The molecule has 0 aliphatic carbocycles. The highest BCUT2D eigenvalue weighted by Crippen LogP contribution is 2.54. The van der Waals surface area contributed by atoms with Crippen molar-refractivity contribution in [3.8, 4) is 5.75 Å². The fraction of sp³-hybridized carbons (Fsp3) is 0.474. The molecule has 26 heavy (non-hydrogen) atoms. The minimum atomic E-state index is -1.01. The quantitative estimate of drug-likeness (QED) is 0.588. The largest absolute Gasteiger partial charge is 0.496 e. The second-order valence-corrected chi connectivity index (χ2v) is 6.95. The Morgan fingerprint density at radius 2 is 1.96 bits per heavy atom. The number of imide groups is 1. The zero-order chi connectivity index (χ0) is 17.9. The Kier molecular flexibility index (Phi) is 3.47. The van der Waals surface area contributed by atoms with Crippen molar-refractivity contribution in [1.29, 1.82) is 0 Å². The second kappa shape index (κ2) is 5.64. The highest BCUT2D eigenvalue weighted by Gasteiger charge is 2.71. The van der Waals surface area contributed by atoms with Gasteiger partial charge in [0.1, 0.15) is 5.75 Å². The molecule has 0 radical (unpaired) electrons. The molecule has 7 heteroatoms. The van der Waals surface area contributed by atoms with E-state index in [0.29, 0.717) is 19.0 Å². The lowest BCUT2D eigenvalue weighted by atomic mass is 9.76. The molecule has 1 aromatic carbocycles. The van der Waals surface area contributed by atoms with Crippen LogP contribution in [0, 0.1) is 11.8 Å². The van der Waals surface area contributed by atoms with Crippen LogP contribution in [0.5, 0.6) is 5.75 Å². The molecule has 3 saturated heterocycles. The van der Waals surface area contributed by atoms with Gasteiger partial charge in [0.05, 0.1) is 44.8 Å². The van der Waals surface area contributed by atoms with Crippen molar-refractivity contribution in [3.05, 3.63) is 42.0 Å². The number of nitrogens with zero attached hydrogens (tertiary/aromatic N) is 1. The van der Waals surface area contributed by atoms with Crippen LogP contribution in [0.4, 0.5) is 0 Å². The monoisotopic (exact) mass is 357 g/mol. The van der Waals surface area contributed by atoms with Gasteiger partial charge in [-0.15, -0.1) is 0 Å². The summed E-state index contributed by atoms with van der Waals surface area (Å²) in [7, 11) is 1.57. The molecular formula is C19H19NO6. The summed E-state index contributed by atoms with van der Waals surface area (Å²) >= 11 is 0. The molecule has 5 rings (SSSR count). The minimum absolute atomic E-state index is 0.184. The number of ether oxygens (including phenoxy) is 4. The Morgan fingerprint density at radius 3 is 2.73 bits per heavy atom. The van der Waals surface area contributed by atoms with Crippen molar-refractivity contribution in [3.63, 3.8) is 0 Å². The molecule has 0 spiro atoms. The third kappa shape index (κ3) is 1.99. The number of benzene rings is 1. The lowest BCUT2D eigenvalue weighted by Crippen LogP contribution is -2.49. The van der Waals surface area contributed by atoms with Gasteiger partial charge in [-0.3, -0.25) is 14.5 Å². The Morgan fingerprint density at radius 1 is 1.19 bits per heavy atom. The van der Waals surface area contributed by atoms with E-state index in [2.05, 4.69) is 0 Å². The van der Waals surface area contributed by atoms with E-state index in [4.69, 9.17) is 18.9 Å². The highest BCUT2D eigenvalue weighted by atomic mass is 16.7. The molecule has 0 N–H and O–H groups in total. The molecule has 0 unspecified atom stereocenters. The van der Waals surface area contributed by atoms with Crippen molar-refractivity contribution in [2.75, 3.05) is 20.3 Å². The zero-order valence-corrected chi connectivity index (χ0v) is 14.3. The van der Waals surface area contributed by atoms with E-state index in [1.165, 1.54) is 4.90 Å². The van der Waals surface area contributed by atoms with E-state index in [9.17, 15) is 9.59 Å². The van der Waals surface area contributed by atoms with E-state index >= 15 is 0 Å². The number of para-hydroxylation sites is 1. The molecule has 4 atom stereocenters. The van der Waals surface area contributed by atoms with Crippen molar-refractivity contribution >= 4 is 11.8 Å². The van der Waals surface area contributed by atoms with E-state index in [1.54, 1.807) is 7.11 Å². The lowest BCUT2D eigenvalue weighted by molar-refractivity contribution is -0.183. The van der Waals surface area contributed by atoms with Crippen LogP contribution in [0.3, 0.4) is 0 Å². The first kappa shape index (κ1) is 16.0. The van der Waals surface area contributed by atoms with E-state index in [1.807, 2.05) is 36.4 Å². The second-order valence-electron chi connectivity index (χ2n) is 6.95. The fourth-order valence-electron chi connectivity index (χ4n) is 4.55. The van der Waals surface area contributed by atoms with Crippen LogP contribution in [0.25, 0.3) is 0 Å². The van der Waals surface area contributed by atoms with Gasteiger partial charge in [0.25, 0.3) is 0 Å². The average Bonchev–Trinajstić information content (AvgIpc) is 3.42. The molecule has 4 aliphatic rings. The summed E-state index contributed by atoms with van der Waals surface area (Å²) in [5.74, 6) is -0.922. The molecule has 3 fully saturated rings. The van der Waals surface area contributed by atoms with E-state index in [-0.39, 0.29) is 18.4 Å². The number of rotatable bonds is 4. The Balaban J connectivity index is 1.47. The number of hydrogen-bond donors (Lipinski definition) is 0. The number of hydrogen-bond acceptors (Lipinski definition) is 6. The number of methoxy groups -OCH3 is 1. The van der Waals surface area contributed by atoms with Crippen LogP contribution in [0.1, 0.15) is 5.56 Å². The van der Waals surface area contributed by atoms with E-state index in [0.717, 1.165) is 5.56 Å². The van der Waals surface area contributed by atoms with Crippen LogP contribution in [0.2, 0.25) is 0 Å². The first-order valence-electron chi connectivity index (χ1n) is 8.73. The topological polar surface area (TPSA) is 74.3 Å². The summed E-state index contributed by atoms with van der Waals surface area (Å²) < 4.78 is 22.7. The van der Waals surface area contributed by atoms with Gasteiger partial charge in [0.2, 0.25) is 11.8 Å². The van der Waals surface area contributed by atoms with Crippen LogP contribution in [0.15, 0.2) is 36.4 Å². The molecular weight excluding hydrogens is 338 g/mol. The van der Waals surface area contributed by atoms with Crippen LogP contribution in [-0.2, 0) is 30.3 Å². The van der Waals surface area contributed by atoms with Gasteiger partial charge < -0.3 is 18.9 Å². The maximum absolute atomic E-state index is 13.2. The molecule has 4 heterocycles. The maximum atomic E-state index is 13.2. The standard InChI is InChI=1S/C19H19NO6/c1-23-12-5-3-2-4-11(12)10-20-16(21)14-13-6-7-19(26-13,15(14)17(20)22)18-24-8-9-25-18/h2-7,13-15,18H,8-10H2,1H3/t13-,14+,15-,19-/m1/s1. The number of carbonyl (C=O) groups is 2. The number of amides is 2. The summed E-state index contributed by atoms with van der Waals surface area (Å²) in [5.41, 5.74) is -0.214. The van der Waals surface area contributed by atoms with Gasteiger partial charge in [-0.2, -0.15) is 0 Å². The molecule has 136 valence electrons. The predicted molar refractivity (Wildman–Crippen MR) is 88.0 cm³/mol. The smallest absolute Gasteiger partial charge is 0.237 e. The summed E-state index contributed by atoms with van der Waals surface area (Å²) in [4.78, 5) is 27.5. The number of carbonyl (C=O) groups excluding carboxylic acids is 2. The van der Waals surface area contributed by atoms with Gasteiger partial charge in [0, 0.05) is 5.56 Å². The third-order valence-corrected chi connectivity index (χ3v) is 5.68. The predicted octanol–water partition coefficient (Wildman–Crippen LogP) is 0.877. The van der Waals surface area contributed by atoms with Gasteiger partial charge in [-0.05, 0) is 12.1 Å². The van der Waals surface area contributed by atoms with Crippen LogP contribution >= 0.6 is 0 Å². The molecule has 1 aromatic rings. The molecule has 7 nitrogen and oxygen atoms in total. The minimum Gasteiger partial charge on any atom is -0.496 e. The SMILES string of the molecule is COc1ccccc1CN1C(=O)[C@H]2[C@H]3C=C[C@@](C4OCCO4)(O3)[C@H]2C1=O. The summed E-state index contributed by atoms with van der Waals surface area (Å²) in [6.45, 7) is 1.10. The van der Waals surface area contributed by atoms with Gasteiger partial charge in [-0.25, -0.2) is 0 Å². The maximum Gasteiger partial charge on any atom is 0.237 e. The highest BCUT2D eigenvalue weighted by molar-refractivity contribution is 6.07. The summed E-state index contributed by atoms with van der Waals surface area (Å²) in [5, 5.41) is 0. The van der Waals surface area contributed by atoms with E-state index < -0.39 is 29.8 Å².